The fraction of sp³-hybridized carbons (Fsp3) is 0.304. The zero-order valence-electron chi connectivity index (χ0n) is 17.8. The van der Waals surface area contributed by atoms with Crippen molar-refractivity contribution < 1.29 is 14.3 Å². The third-order valence-corrected chi connectivity index (χ3v) is 6.47. The fourth-order valence-corrected chi connectivity index (χ4v) is 4.28. The lowest BCUT2D eigenvalue weighted by Crippen LogP contribution is -2.37. The summed E-state index contributed by atoms with van der Waals surface area (Å²) >= 11 is 13.6. The van der Waals surface area contributed by atoms with Crippen molar-refractivity contribution in [2.75, 3.05) is 14.2 Å². The lowest BCUT2D eigenvalue weighted by Gasteiger charge is -2.27. The van der Waals surface area contributed by atoms with E-state index in [1.54, 1.807) is 26.4 Å². The molecule has 2 aromatic carbocycles. The van der Waals surface area contributed by atoms with Gasteiger partial charge >= 0.3 is 0 Å². The Bertz CT molecular complexity index is 1070. The van der Waals surface area contributed by atoms with Gasteiger partial charge in [-0.15, -0.1) is 11.3 Å². The Morgan fingerprint density at radius 1 is 1.06 bits per heavy atom. The lowest BCUT2D eigenvalue weighted by atomic mass is 10.1. The number of hydrogen-bond donors (Lipinski definition) is 0. The number of hydrogen-bond acceptors (Lipinski definition) is 5. The molecule has 3 aromatic rings. The van der Waals surface area contributed by atoms with E-state index >= 15 is 0 Å². The van der Waals surface area contributed by atoms with Gasteiger partial charge < -0.3 is 14.4 Å². The predicted molar refractivity (Wildman–Crippen MR) is 127 cm³/mol. The molecule has 3 rings (SSSR count). The van der Waals surface area contributed by atoms with Crippen molar-refractivity contribution >= 4 is 40.4 Å². The van der Waals surface area contributed by atoms with Crippen LogP contribution in [-0.4, -0.2) is 36.1 Å². The first kappa shape index (κ1) is 23.4. The molecular formula is C23H24Cl2N2O3S. The van der Waals surface area contributed by atoms with Gasteiger partial charge in [0.1, 0.15) is 5.01 Å². The molecule has 1 amide bonds. The lowest BCUT2D eigenvalue weighted by molar-refractivity contribution is -0.132. The van der Waals surface area contributed by atoms with Gasteiger partial charge in [0.2, 0.25) is 5.91 Å². The number of methoxy groups -OCH3 is 2. The Balaban J connectivity index is 1.74. The summed E-state index contributed by atoms with van der Waals surface area (Å²) in [5.41, 5.74) is 2.58. The van der Waals surface area contributed by atoms with Gasteiger partial charge in [0.15, 0.2) is 11.5 Å². The van der Waals surface area contributed by atoms with E-state index < -0.39 is 0 Å². The molecule has 164 valence electrons. The Morgan fingerprint density at radius 2 is 1.81 bits per heavy atom. The van der Waals surface area contributed by atoms with Gasteiger partial charge in [-0.3, -0.25) is 4.79 Å². The number of carbonyl (C=O) groups excluding carboxylic acids is 1. The van der Waals surface area contributed by atoms with Crippen LogP contribution in [0.15, 0.2) is 41.8 Å². The van der Waals surface area contributed by atoms with Gasteiger partial charge in [-0.05, 0) is 49.7 Å². The molecule has 0 aliphatic heterocycles. The average molecular weight is 479 g/mol. The van der Waals surface area contributed by atoms with Crippen molar-refractivity contribution in [2.45, 2.75) is 32.9 Å². The minimum atomic E-state index is 0.00485. The molecule has 0 spiro atoms. The Morgan fingerprint density at radius 3 is 2.45 bits per heavy atom. The number of rotatable bonds is 8. The number of benzene rings is 2. The first-order valence-electron chi connectivity index (χ1n) is 9.72. The third-order valence-electron chi connectivity index (χ3n) is 4.80. The fourth-order valence-electron chi connectivity index (χ4n) is 3.14. The van der Waals surface area contributed by atoms with Crippen LogP contribution in [0.25, 0.3) is 10.6 Å². The van der Waals surface area contributed by atoms with E-state index in [0.29, 0.717) is 28.1 Å². The third kappa shape index (κ3) is 5.70. The van der Waals surface area contributed by atoms with Crippen molar-refractivity contribution in [2.24, 2.45) is 0 Å². The van der Waals surface area contributed by atoms with Crippen LogP contribution in [0.4, 0.5) is 0 Å². The van der Waals surface area contributed by atoms with E-state index in [1.807, 2.05) is 48.4 Å². The van der Waals surface area contributed by atoms with Crippen molar-refractivity contribution in [3.8, 4) is 22.1 Å². The average Bonchev–Trinajstić information content (AvgIpc) is 3.21. The highest BCUT2D eigenvalue weighted by atomic mass is 35.5. The van der Waals surface area contributed by atoms with Gasteiger partial charge in [-0.2, -0.15) is 0 Å². The molecule has 0 aliphatic rings. The van der Waals surface area contributed by atoms with Crippen molar-refractivity contribution in [3.63, 3.8) is 0 Å². The molecule has 0 N–H and O–H groups in total. The van der Waals surface area contributed by atoms with Crippen LogP contribution in [0.2, 0.25) is 10.0 Å². The highest BCUT2D eigenvalue weighted by Gasteiger charge is 2.20. The molecule has 0 bridgehead atoms. The minimum absolute atomic E-state index is 0.00485. The monoisotopic (exact) mass is 478 g/mol. The molecule has 0 fully saturated rings. The van der Waals surface area contributed by atoms with Crippen molar-refractivity contribution in [3.05, 3.63) is 63.1 Å². The summed E-state index contributed by atoms with van der Waals surface area (Å²) in [5, 5.41) is 3.72. The number of ether oxygens (including phenoxy) is 2. The number of amides is 1. The highest BCUT2D eigenvalue weighted by Crippen LogP contribution is 2.33. The van der Waals surface area contributed by atoms with Crippen LogP contribution in [0.3, 0.4) is 0 Å². The predicted octanol–water partition coefficient (Wildman–Crippen LogP) is 6.11. The Hall–Kier alpha value is -2.28. The zero-order valence-corrected chi connectivity index (χ0v) is 20.1. The van der Waals surface area contributed by atoms with Crippen molar-refractivity contribution in [1.29, 1.82) is 0 Å². The van der Waals surface area contributed by atoms with Crippen LogP contribution in [0.5, 0.6) is 11.5 Å². The topological polar surface area (TPSA) is 51.7 Å². The van der Waals surface area contributed by atoms with E-state index in [4.69, 9.17) is 32.7 Å². The van der Waals surface area contributed by atoms with E-state index in [9.17, 15) is 4.79 Å². The van der Waals surface area contributed by atoms with Gasteiger partial charge in [-0.25, -0.2) is 4.98 Å². The molecule has 0 aliphatic carbocycles. The highest BCUT2D eigenvalue weighted by molar-refractivity contribution is 7.13. The number of nitrogens with zero attached hydrogens (tertiary/aromatic N) is 2. The summed E-state index contributed by atoms with van der Waals surface area (Å²) in [6, 6.07) is 11.1. The maximum absolute atomic E-state index is 13.0. The summed E-state index contributed by atoms with van der Waals surface area (Å²) in [6.07, 6.45) is 0.225. The molecule has 0 saturated carbocycles. The molecule has 31 heavy (non-hydrogen) atoms. The van der Waals surface area contributed by atoms with Crippen LogP contribution in [0.1, 0.15) is 25.1 Å². The standard InChI is InChI=1S/C23H24Cl2N2O3S/c1-14(2)27(12-15-5-7-18(24)19(25)9-15)22(28)11-17-13-31-23(26-17)16-6-8-20(29-3)21(10-16)30-4/h5-10,13-14H,11-12H2,1-4H3. The maximum atomic E-state index is 13.0. The maximum Gasteiger partial charge on any atom is 0.229 e. The zero-order chi connectivity index (χ0) is 22.5. The Labute approximate surface area is 196 Å². The van der Waals surface area contributed by atoms with Crippen LogP contribution >= 0.6 is 34.5 Å². The molecule has 0 atom stereocenters. The second-order valence-corrected chi connectivity index (χ2v) is 8.93. The second kappa shape index (κ2) is 10.4. The largest absolute Gasteiger partial charge is 0.493 e. The van der Waals surface area contributed by atoms with E-state index in [-0.39, 0.29) is 18.4 Å². The summed E-state index contributed by atoms with van der Waals surface area (Å²) < 4.78 is 10.7. The van der Waals surface area contributed by atoms with Crippen molar-refractivity contribution in [1.82, 2.24) is 9.88 Å². The molecule has 1 aromatic heterocycles. The Kier molecular flexibility index (Phi) is 7.81. The summed E-state index contributed by atoms with van der Waals surface area (Å²) in [6.45, 7) is 4.44. The van der Waals surface area contributed by atoms with Crippen LogP contribution in [0, 0.1) is 0 Å². The number of thiazole rings is 1. The van der Waals surface area contributed by atoms with Gasteiger partial charge in [-0.1, -0.05) is 29.3 Å². The van der Waals surface area contributed by atoms with E-state index in [0.717, 1.165) is 21.8 Å². The quantitative estimate of drug-likeness (QED) is 0.391. The van der Waals surface area contributed by atoms with Gasteiger partial charge in [0.05, 0.1) is 36.4 Å². The molecule has 0 unspecified atom stereocenters. The summed E-state index contributed by atoms with van der Waals surface area (Å²) in [7, 11) is 3.20. The smallest absolute Gasteiger partial charge is 0.229 e. The molecule has 8 heteroatoms. The molecule has 1 heterocycles. The normalized spacial score (nSPS) is 10.9. The first-order chi connectivity index (χ1) is 14.8. The summed E-state index contributed by atoms with van der Waals surface area (Å²) in [5.74, 6) is 1.30. The van der Waals surface area contributed by atoms with E-state index in [1.165, 1.54) is 11.3 Å². The van der Waals surface area contributed by atoms with Crippen LogP contribution in [-0.2, 0) is 17.8 Å². The van der Waals surface area contributed by atoms with Gasteiger partial charge in [0, 0.05) is 23.5 Å². The van der Waals surface area contributed by atoms with Gasteiger partial charge in [0.25, 0.3) is 0 Å². The summed E-state index contributed by atoms with van der Waals surface area (Å²) in [4.78, 5) is 19.5. The molecule has 0 saturated heterocycles. The number of carbonyl (C=O) groups is 1. The SMILES string of the molecule is COc1ccc(-c2nc(CC(=O)N(Cc3ccc(Cl)c(Cl)c3)C(C)C)cs2)cc1OC. The molecule has 5 nitrogen and oxygen atoms in total. The number of aromatic nitrogens is 1. The second-order valence-electron chi connectivity index (χ2n) is 7.25. The molecule has 0 radical (unpaired) electrons. The number of halogens is 2. The van der Waals surface area contributed by atoms with Crippen LogP contribution < -0.4 is 9.47 Å². The molecular weight excluding hydrogens is 455 g/mol. The van der Waals surface area contributed by atoms with E-state index in [2.05, 4.69) is 4.98 Å². The minimum Gasteiger partial charge on any atom is -0.493 e. The first-order valence-corrected chi connectivity index (χ1v) is 11.4.